The van der Waals surface area contributed by atoms with Crippen molar-refractivity contribution in [1.82, 2.24) is 4.98 Å². The maximum atomic E-state index is 4.45. The van der Waals surface area contributed by atoms with Crippen LogP contribution in [0.25, 0.3) is 4.91 Å². The van der Waals surface area contributed by atoms with Crippen LogP contribution in [0, 0.1) is 6.92 Å². The average molecular weight is 246 g/mol. The Hall–Kier alpha value is -1.35. The summed E-state index contributed by atoms with van der Waals surface area (Å²) in [4.78, 5) is 9.54. The van der Waals surface area contributed by atoms with Crippen LogP contribution in [0.4, 0.5) is 5.69 Å². The van der Waals surface area contributed by atoms with E-state index in [1.807, 2.05) is 19.9 Å². The third kappa shape index (κ3) is 3.30. The van der Waals surface area contributed by atoms with Crippen LogP contribution in [0.5, 0.6) is 0 Å². The zero-order chi connectivity index (χ0) is 12.8. The van der Waals surface area contributed by atoms with Crippen molar-refractivity contribution < 1.29 is 0 Å². The lowest BCUT2D eigenvalue weighted by molar-refractivity contribution is 0.927. The van der Waals surface area contributed by atoms with Crippen molar-refractivity contribution in [1.29, 1.82) is 0 Å². The predicted molar refractivity (Wildman–Crippen MR) is 79.3 cm³/mol. The van der Waals surface area contributed by atoms with Gasteiger partial charge in [-0.3, -0.25) is 9.98 Å². The van der Waals surface area contributed by atoms with Gasteiger partial charge in [0.05, 0.1) is 5.69 Å². The standard InChI is InChI=1S/C14H18N2S/c1-5-7-8-13-10(3)14(15-6-2)12(9-16-13)11(4)17/h5-6,9,17H,1,4,7-8H2,2-3H3. The molecule has 1 rings (SSSR count). The van der Waals surface area contributed by atoms with E-state index in [2.05, 4.69) is 35.8 Å². The summed E-state index contributed by atoms with van der Waals surface area (Å²) >= 11 is 4.28. The highest BCUT2D eigenvalue weighted by Gasteiger charge is 2.10. The molecule has 0 saturated carbocycles. The van der Waals surface area contributed by atoms with Crippen LogP contribution in [0.1, 0.15) is 30.2 Å². The van der Waals surface area contributed by atoms with Gasteiger partial charge in [-0.05, 0) is 32.3 Å². The van der Waals surface area contributed by atoms with Gasteiger partial charge in [0, 0.05) is 28.6 Å². The molecule has 0 unspecified atom stereocenters. The molecule has 0 aliphatic carbocycles. The number of aryl methyl sites for hydroxylation is 1. The first-order chi connectivity index (χ1) is 8.11. The second kappa shape index (κ2) is 6.40. The summed E-state index contributed by atoms with van der Waals surface area (Å²) in [6.45, 7) is 11.5. The molecule has 0 aromatic carbocycles. The fourth-order valence-electron chi connectivity index (χ4n) is 1.64. The predicted octanol–water partition coefficient (Wildman–Crippen LogP) is 4.13. The van der Waals surface area contributed by atoms with Crippen LogP contribution in [0.2, 0.25) is 0 Å². The molecule has 0 aliphatic rings. The maximum Gasteiger partial charge on any atom is 0.0771 e. The molecule has 0 N–H and O–H groups in total. The zero-order valence-corrected chi connectivity index (χ0v) is 11.3. The van der Waals surface area contributed by atoms with Gasteiger partial charge in [0.25, 0.3) is 0 Å². The Bertz CT molecular complexity index is 462. The van der Waals surface area contributed by atoms with Gasteiger partial charge in [0.1, 0.15) is 0 Å². The summed E-state index contributed by atoms with van der Waals surface area (Å²) in [6.07, 6.45) is 7.28. The number of nitrogens with zero attached hydrogens (tertiary/aromatic N) is 2. The molecule has 1 aromatic heterocycles. The van der Waals surface area contributed by atoms with Gasteiger partial charge in [0.15, 0.2) is 0 Å². The molecule has 17 heavy (non-hydrogen) atoms. The van der Waals surface area contributed by atoms with Crippen molar-refractivity contribution in [2.45, 2.75) is 26.7 Å². The summed E-state index contributed by atoms with van der Waals surface area (Å²) < 4.78 is 0. The van der Waals surface area contributed by atoms with Crippen LogP contribution in [0.3, 0.4) is 0 Å². The van der Waals surface area contributed by atoms with E-state index in [1.54, 1.807) is 12.4 Å². The SMILES string of the molecule is C=CCCc1ncc(C(=C)S)c(N=CC)c1C. The fourth-order valence-corrected chi connectivity index (χ4v) is 1.80. The van der Waals surface area contributed by atoms with Gasteiger partial charge in [0.2, 0.25) is 0 Å². The molecule has 0 fully saturated rings. The Morgan fingerprint density at radius 2 is 2.29 bits per heavy atom. The van der Waals surface area contributed by atoms with Gasteiger partial charge in [-0.1, -0.05) is 12.7 Å². The molecule has 1 heterocycles. The molecule has 0 saturated heterocycles. The minimum atomic E-state index is 0.691. The smallest absolute Gasteiger partial charge is 0.0771 e. The van der Waals surface area contributed by atoms with E-state index in [0.29, 0.717) is 4.91 Å². The minimum absolute atomic E-state index is 0.691. The largest absolute Gasteiger partial charge is 0.260 e. The molecular weight excluding hydrogens is 228 g/mol. The molecule has 0 atom stereocenters. The molecule has 0 amide bonds. The quantitative estimate of drug-likeness (QED) is 0.471. The number of allylic oxidation sites excluding steroid dienone is 1. The third-order valence-electron chi connectivity index (χ3n) is 2.55. The Morgan fingerprint density at radius 3 is 2.82 bits per heavy atom. The number of thiol groups is 1. The summed E-state index contributed by atoms with van der Waals surface area (Å²) in [6, 6.07) is 0. The first-order valence-electron chi connectivity index (χ1n) is 5.58. The number of pyridine rings is 1. The third-order valence-corrected chi connectivity index (χ3v) is 2.79. The maximum absolute atomic E-state index is 4.45. The lowest BCUT2D eigenvalue weighted by atomic mass is 10.1. The number of rotatable bonds is 5. The molecule has 0 radical (unpaired) electrons. The van der Waals surface area contributed by atoms with Crippen LogP contribution in [-0.2, 0) is 6.42 Å². The van der Waals surface area contributed by atoms with E-state index in [-0.39, 0.29) is 0 Å². The number of aromatic nitrogens is 1. The highest BCUT2D eigenvalue weighted by molar-refractivity contribution is 7.90. The van der Waals surface area contributed by atoms with Gasteiger partial charge < -0.3 is 0 Å². The number of aliphatic imine (C=N–C) groups is 1. The van der Waals surface area contributed by atoms with Gasteiger partial charge in [-0.2, -0.15) is 0 Å². The Morgan fingerprint density at radius 1 is 1.59 bits per heavy atom. The van der Waals surface area contributed by atoms with E-state index in [9.17, 15) is 0 Å². The normalized spacial score (nSPS) is 10.8. The molecule has 0 bridgehead atoms. The van der Waals surface area contributed by atoms with E-state index in [1.165, 1.54) is 0 Å². The summed E-state index contributed by atoms with van der Waals surface area (Å²) in [5.74, 6) is 0. The Balaban J connectivity index is 3.27. The van der Waals surface area contributed by atoms with Crippen molar-refractivity contribution in [2.75, 3.05) is 0 Å². The molecule has 3 heteroatoms. The monoisotopic (exact) mass is 246 g/mol. The topological polar surface area (TPSA) is 25.2 Å². The fraction of sp³-hybridized carbons (Fsp3) is 0.286. The van der Waals surface area contributed by atoms with Gasteiger partial charge >= 0.3 is 0 Å². The Kier molecular flexibility index (Phi) is 5.16. The molecular formula is C14H18N2S. The molecule has 0 aliphatic heterocycles. The van der Waals surface area contributed by atoms with Crippen molar-refractivity contribution in [3.05, 3.63) is 42.3 Å². The number of hydrogen-bond acceptors (Lipinski definition) is 3. The summed E-state index contributed by atoms with van der Waals surface area (Å²) in [5.41, 5.74) is 3.97. The summed E-state index contributed by atoms with van der Waals surface area (Å²) in [5, 5.41) is 0. The van der Waals surface area contributed by atoms with Crippen molar-refractivity contribution in [3.63, 3.8) is 0 Å². The second-order valence-electron chi connectivity index (χ2n) is 3.75. The van der Waals surface area contributed by atoms with Crippen LogP contribution in [-0.4, -0.2) is 11.2 Å². The molecule has 0 spiro atoms. The van der Waals surface area contributed by atoms with Gasteiger partial charge in [-0.25, -0.2) is 0 Å². The first kappa shape index (κ1) is 13.7. The van der Waals surface area contributed by atoms with Crippen molar-refractivity contribution >= 4 is 29.4 Å². The molecule has 90 valence electrons. The Labute approximate surface area is 109 Å². The lowest BCUT2D eigenvalue weighted by Gasteiger charge is -2.11. The minimum Gasteiger partial charge on any atom is -0.260 e. The number of hydrogen-bond donors (Lipinski definition) is 1. The van der Waals surface area contributed by atoms with Crippen LogP contribution in [0.15, 0.2) is 30.4 Å². The molecule has 2 nitrogen and oxygen atoms in total. The average Bonchev–Trinajstić information content (AvgIpc) is 2.30. The van der Waals surface area contributed by atoms with E-state index < -0.39 is 0 Å². The van der Waals surface area contributed by atoms with E-state index in [4.69, 9.17) is 0 Å². The van der Waals surface area contributed by atoms with Gasteiger partial charge in [-0.15, -0.1) is 19.2 Å². The van der Waals surface area contributed by atoms with Crippen LogP contribution < -0.4 is 0 Å². The van der Waals surface area contributed by atoms with Crippen LogP contribution >= 0.6 is 12.6 Å². The highest BCUT2D eigenvalue weighted by atomic mass is 32.1. The van der Waals surface area contributed by atoms with Crippen molar-refractivity contribution in [3.8, 4) is 0 Å². The van der Waals surface area contributed by atoms with E-state index >= 15 is 0 Å². The zero-order valence-electron chi connectivity index (χ0n) is 10.4. The molecule has 1 aromatic rings. The first-order valence-corrected chi connectivity index (χ1v) is 6.02. The summed E-state index contributed by atoms with van der Waals surface area (Å²) in [7, 11) is 0. The van der Waals surface area contributed by atoms with E-state index in [0.717, 1.165) is 35.3 Å². The second-order valence-corrected chi connectivity index (χ2v) is 4.29. The highest BCUT2D eigenvalue weighted by Crippen LogP contribution is 2.31. The lowest BCUT2D eigenvalue weighted by Crippen LogP contribution is -1.96. The van der Waals surface area contributed by atoms with Crippen molar-refractivity contribution in [2.24, 2.45) is 4.99 Å².